The van der Waals surface area contributed by atoms with Crippen molar-refractivity contribution in [3.05, 3.63) is 40.4 Å². The molecule has 1 aliphatic heterocycles. The van der Waals surface area contributed by atoms with Crippen LogP contribution in [0.4, 0.5) is 5.69 Å². The molecule has 6 heteroatoms. The van der Waals surface area contributed by atoms with Crippen molar-refractivity contribution in [2.75, 3.05) is 4.90 Å². The largest absolute Gasteiger partial charge is 0.365 e. The Labute approximate surface area is 110 Å². The molecule has 1 aromatic rings. The third-order valence-corrected chi connectivity index (χ3v) is 4.06. The van der Waals surface area contributed by atoms with Gasteiger partial charge in [0.05, 0.1) is 4.91 Å². The number of thioether (sulfide) groups is 1. The number of allylic oxidation sites excluding steroid dienone is 1. The lowest BCUT2D eigenvalue weighted by Crippen LogP contribution is -2.35. The molecule has 0 saturated carbocycles. The number of rotatable bonds is 3. The number of amides is 1. The highest BCUT2D eigenvalue weighted by Gasteiger charge is 2.32. The summed E-state index contributed by atoms with van der Waals surface area (Å²) >= 11 is 1.27. The van der Waals surface area contributed by atoms with Crippen LogP contribution >= 0.6 is 11.8 Å². The van der Waals surface area contributed by atoms with E-state index in [1.54, 1.807) is 0 Å². The van der Waals surface area contributed by atoms with Gasteiger partial charge in [-0.25, -0.2) is 0 Å². The number of anilines is 1. The molecule has 1 atom stereocenters. The first-order valence-corrected chi connectivity index (χ1v) is 6.44. The molecule has 0 spiro atoms. The van der Waals surface area contributed by atoms with Gasteiger partial charge >= 0.3 is 0 Å². The van der Waals surface area contributed by atoms with E-state index in [0.29, 0.717) is 11.4 Å². The Morgan fingerprint density at radius 2 is 2.11 bits per heavy atom. The van der Waals surface area contributed by atoms with E-state index in [0.717, 1.165) is 16.9 Å². The van der Waals surface area contributed by atoms with Gasteiger partial charge in [-0.05, 0) is 18.6 Å². The molecule has 6 N–H and O–H groups in total. The lowest BCUT2D eigenvalue weighted by atomic mass is 10.1. The van der Waals surface area contributed by atoms with Gasteiger partial charge in [0.2, 0.25) is 0 Å². The maximum absolute atomic E-state index is 11.3. The van der Waals surface area contributed by atoms with E-state index in [2.05, 4.69) is 0 Å². The Bertz CT molecular complexity index is 515. The monoisotopic (exact) mass is 264 g/mol. The maximum Gasteiger partial charge on any atom is 0.257 e. The van der Waals surface area contributed by atoms with Crippen LogP contribution in [0.3, 0.4) is 0 Å². The van der Waals surface area contributed by atoms with Gasteiger partial charge in [0.25, 0.3) is 5.91 Å². The van der Waals surface area contributed by atoms with Crippen LogP contribution in [0.2, 0.25) is 0 Å². The fourth-order valence-electron chi connectivity index (χ4n) is 2.03. The van der Waals surface area contributed by atoms with Gasteiger partial charge in [0, 0.05) is 17.9 Å². The topological polar surface area (TPSA) is 98.4 Å². The predicted molar refractivity (Wildman–Crippen MR) is 74.3 cm³/mol. The van der Waals surface area contributed by atoms with Crippen LogP contribution in [0.15, 0.2) is 34.9 Å². The van der Waals surface area contributed by atoms with Gasteiger partial charge in [0.1, 0.15) is 5.50 Å². The zero-order chi connectivity index (χ0) is 13.3. The van der Waals surface area contributed by atoms with Crippen LogP contribution in [0.1, 0.15) is 12.5 Å². The van der Waals surface area contributed by atoms with E-state index < -0.39 is 5.91 Å². The summed E-state index contributed by atoms with van der Waals surface area (Å²) in [6.07, 6.45) is 0. The molecular formula is C12H16N4OS. The highest BCUT2D eigenvalue weighted by atomic mass is 32.2. The van der Waals surface area contributed by atoms with Crippen LogP contribution in [0, 0.1) is 0 Å². The highest BCUT2D eigenvalue weighted by molar-refractivity contribution is 8.04. The molecule has 1 unspecified atom stereocenters. The summed E-state index contributed by atoms with van der Waals surface area (Å²) < 4.78 is 0. The Kier molecular flexibility index (Phi) is 3.60. The van der Waals surface area contributed by atoms with Crippen molar-refractivity contribution in [1.29, 1.82) is 0 Å². The average molecular weight is 264 g/mol. The molecule has 18 heavy (non-hydrogen) atoms. The minimum atomic E-state index is -0.444. The van der Waals surface area contributed by atoms with E-state index in [1.165, 1.54) is 11.8 Å². The van der Waals surface area contributed by atoms with E-state index >= 15 is 0 Å². The number of nitrogens with zero attached hydrogens (tertiary/aromatic N) is 1. The minimum absolute atomic E-state index is 0.347. The molecule has 2 rings (SSSR count). The first-order valence-electron chi connectivity index (χ1n) is 5.56. The van der Waals surface area contributed by atoms with Crippen LogP contribution in [-0.4, -0.2) is 11.4 Å². The molecule has 0 aliphatic carbocycles. The summed E-state index contributed by atoms with van der Waals surface area (Å²) in [4.78, 5) is 13.7. The zero-order valence-electron chi connectivity index (χ0n) is 10.1. The normalized spacial score (nSPS) is 19.5. The average Bonchev–Trinajstić information content (AvgIpc) is 2.65. The number of hydrogen-bond acceptors (Lipinski definition) is 5. The number of primary amides is 1. The van der Waals surface area contributed by atoms with E-state index in [9.17, 15) is 4.79 Å². The predicted octanol–water partition coefficient (Wildman–Crippen LogP) is 0.658. The van der Waals surface area contributed by atoms with Crippen LogP contribution < -0.4 is 22.1 Å². The smallest absolute Gasteiger partial charge is 0.257 e. The third-order valence-electron chi connectivity index (χ3n) is 2.88. The van der Waals surface area contributed by atoms with Crippen molar-refractivity contribution in [3.63, 3.8) is 0 Å². The second-order valence-corrected chi connectivity index (χ2v) is 5.12. The molecule has 0 aromatic heterocycles. The minimum Gasteiger partial charge on any atom is -0.365 e. The summed E-state index contributed by atoms with van der Waals surface area (Å²) in [5, 5.41) is 0. The van der Waals surface area contributed by atoms with Crippen molar-refractivity contribution in [2.24, 2.45) is 17.2 Å². The number of para-hydroxylation sites is 1. The molecule has 0 fully saturated rings. The molecule has 1 aromatic carbocycles. The summed E-state index contributed by atoms with van der Waals surface area (Å²) in [5.74, 6) is -0.444. The fraction of sp³-hybridized carbons (Fsp3) is 0.250. The maximum atomic E-state index is 11.3. The van der Waals surface area contributed by atoms with Crippen molar-refractivity contribution in [2.45, 2.75) is 19.0 Å². The Balaban J connectivity index is 2.47. The van der Waals surface area contributed by atoms with Crippen molar-refractivity contribution in [3.8, 4) is 0 Å². The van der Waals surface area contributed by atoms with Gasteiger partial charge < -0.3 is 22.1 Å². The summed E-state index contributed by atoms with van der Waals surface area (Å²) in [6.45, 7) is 2.26. The first-order chi connectivity index (χ1) is 8.56. The number of benzene rings is 1. The first kappa shape index (κ1) is 12.9. The Hall–Kier alpha value is -1.50. The third kappa shape index (κ3) is 2.10. The number of hydrogen-bond donors (Lipinski definition) is 3. The molecule has 1 heterocycles. The van der Waals surface area contributed by atoms with Crippen molar-refractivity contribution < 1.29 is 4.79 Å². The second kappa shape index (κ2) is 5.01. The van der Waals surface area contributed by atoms with E-state index in [1.807, 2.05) is 36.1 Å². The van der Waals surface area contributed by atoms with E-state index in [4.69, 9.17) is 17.2 Å². The van der Waals surface area contributed by atoms with Crippen LogP contribution in [-0.2, 0) is 11.3 Å². The Morgan fingerprint density at radius 3 is 2.67 bits per heavy atom. The van der Waals surface area contributed by atoms with E-state index in [-0.39, 0.29) is 5.50 Å². The standard InChI is InChI=1S/C12H16N4OS/c1-7-10(11(14)17)18-12(15)16(7)9-5-3-2-4-8(9)6-13/h2-5,12H,6,13,15H2,1H3,(H2,14,17). The fourth-order valence-corrected chi connectivity index (χ4v) is 3.04. The Morgan fingerprint density at radius 1 is 1.44 bits per heavy atom. The van der Waals surface area contributed by atoms with Crippen molar-refractivity contribution in [1.82, 2.24) is 0 Å². The van der Waals surface area contributed by atoms with Crippen LogP contribution in [0.5, 0.6) is 0 Å². The number of carbonyl (C=O) groups excluding carboxylic acids is 1. The zero-order valence-corrected chi connectivity index (χ0v) is 10.9. The van der Waals surface area contributed by atoms with Gasteiger partial charge in [-0.2, -0.15) is 0 Å². The number of carbonyl (C=O) groups is 1. The quantitative estimate of drug-likeness (QED) is 0.745. The molecule has 0 saturated heterocycles. The molecule has 0 bridgehead atoms. The molecule has 0 radical (unpaired) electrons. The second-order valence-electron chi connectivity index (χ2n) is 3.99. The SMILES string of the molecule is CC1=C(C(N)=O)SC(N)N1c1ccccc1CN. The molecule has 96 valence electrons. The van der Waals surface area contributed by atoms with Crippen molar-refractivity contribution >= 4 is 23.4 Å². The molecule has 1 aliphatic rings. The number of nitrogens with two attached hydrogens (primary N) is 3. The summed E-state index contributed by atoms with van der Waals surface area (Å²) in [7, 11) is 0. The summed E-state index contributed by atoms with van der Waals surface area (Å²) in [6, 6.07) is 7.73. The van der Waals surface area contributed by atoms with Gasteiger partial charge in [-0.1, -0.05) is 30.0 Å². The molecular weight excluding hydrogens is 248 g/mol. The van der Waals surface area contributed by atoms with Gasteiger partial charge in [-0.3, -0.25) is 4.79 Å². The van der Waals surface area contributed by atoms with Gasteiger partial charge in [0.15, 0.2) is 0 Å². The lowest BCUT2D eigenvalue weighted by Gasteiger charge is -2.26. The van der Waals surface area contributed by atoms with Gasteiger partial charge in [-0.15, -0.1) is 0 Å². The molecule has 5 nitrogen and oxygen atoms in total. The lowest BCUT2D eigenvalue weighted by molar-refractivity contribution is -0.113. The highest BCUT2D eigenvalue weighted by Crippen LogP contribution is 2.39. The molecule has 1 amide bonds. The summed E-state index contributed by atoms with van der Waals surface area (Å²) in [5.41, 5.74) is 19.5. The van der Waals surface area contributed by atoms with Crippen LogP contribution in [0.25, 0.3) is 0 Å².